The summed E-state index contributed by atoms with van der Waals surface area (Å²) in [6, 6.07) is 9.70. The van der Waals surface area contributed by atoms with Gasteiger partial charge in [-0.1, -0.05) is 38.3 Å². The summed E-state index contributed by atoms with van der Waals surface area (Å²) in [6.45, 7) is 6.95. The van der Waals surface area contributed by atoms with E-state index in [-0.39, 0.29) is 11.4 Å². The summed E-state index contributed by atoms with van der Waals surface area (Å²) in [5.41, 5.74) is 9.19. The first-order valence-electron chi connectivity index (χ1n) is 12.5. The van der Waals surface area contributed by atoms with Crippen LogP contribution in [-0.4, -0.2) is 37.8 Å². The third kappa shape index (κ3) is 5.04. The lowest BCUT2D eigenvalue weighted by molar-refractivity contribution is 0.0496. The van der Waals surface area contributed by atoms with Crippen molar-refractivity contribution in [3.63, 3.8) is 0 Å². The highest BCUT2D eigenvalue weighted by Crippen LogP contribution is 2.38. The Labute approximate surface area is 201 Å². The molecule has 1 saturated heterocycles. The summed E-state index contributed by atoms with van der Waals surface area (Å²) in [4.78, 5) is 27.3. The smallest absolute Gasteiger partial charge is 0.252 e. The van der Waals surface area contributed by atoms with Crippen LogP contribution in [0.25, 0.3) is 10.9 Å². The molecule has 3 heterocycles. The lowest BCUT2D eigenvalue weighted by atomic mass is 9.88. The van der Waals surface area contributed by atoms with Gasteiger partial charge in [0.1, 0.15) is 11.5 Å². The number of nitrogens with two attached hydrogens (primary N) is 1. The minimum absolute atomic E-state index is 0.121. The number of hydrogen-bond donors (Lipinski definition) is 3. The zero-order valence-electron chi connectivity index (χ0n) is 20.5. The topological polar surface area (TPSA) is 112 Å². The van der Waals surface area contributed by atoms with E-state index < -0.39 is 0 Å². The standard InChI is InChI=1S/C27H36N6O/c1-4-5-12-25(33-17(2)8-6-9-18(33)3)21-10-7-11-23-22(21)14-19(27(34)32-23)13-20-15-30-16-24(31-20)26(28)29/h7,10-11,14-18,25H,4-6,8-9,12-13H2,1-3H3,(H3,28,29)(H,32,34). The van der Waals surface area contributed by atoms with Crippen LogP contribution in [0, 0.1) is 5.41 Å². The predicted octanol–water partition coefficient (Wildman–Crippen LogP) is 4.69. The van der Waals surface area contributed by atoms with Crippen molar-refractivity contribution in [2.45, 2.75) is 83.8 Å². The number of pyridine rings is 1. The van der Waals surface area contributed by atoms with Gasteiger partial charge >= 0.3 is 0 Å². The molecular formula is C27H36N6O. The molecule has 4 rings (SSSR count). The summed E-state index contributed by atoms with van der Waals surface area (Å²) >= 11 is 0. The largest absolute Gasteiger partial charge is 0.382 e. The minimum atomic E-state index is -0.132. The van der Waals surface area contributed by atoms with Crippen LogP contribution in [0.5, 0.6) is 0 Å². The fourth-order valence-electron chi connectivity index (χ4n) is 5.45. The number of hydrogen-bond acceptors (Lipinski definition) is 5. The number of likely N-dealkylation sites (tertiary alicyclic amines) is 1. The predicted molar refractivity (Wildman–Crippen MR) is 137 cm³/mol. The fraction of sp³-hybridized carbons (Fsp3) is 0.481. The number of benzene rings is 1. The molecule has 1 aliphatic heterocycles. The third-order valence-corrected chi connectivity index (χ3v) is 7.14. The summed E-state index contributed by atoms with van der Waals surface area (Å²) in [6.07, 6.45) is 10.6. The van der Waals surface area contributed by atoms with E-state index in [9.17, 15) is 4.79 Å². The van der Waals surface area contributed by atoms with E-state index in [1.54, 1.807) is 6.20 Å². The first-order chi connectivity index (χ1) is 16.4. The second kappa shape index (κ2) is 10.5. The van der Waals surface area contributed by atoms with Crippen LogP contribution in [0.4, 0.5) is 0 Å². The maximum Gasteiger partial charge on any atom is 0.252 e. The fourth-order valence-corrected chi connectivity index (χ4v) is 5.45. The number of H-pyrrole nitrogens is 1. The Morgan fingerprint density at radius 1 is 1.26 bits per heavy atom. The average molecular weight is 461 g/mol. The molecule has 3 atom stereocenters. The van der Waals surface area contributed by atoms with E-state index in [2.05, 4.69) is 52.8 Å². The van der Waals surface area contributed by atoms with Crippen molar-refractivity contribution in [2.75, 3.05) is 0 Å². The van der Waals surface area contributed by atoms with E-state index in [0.29, 0.717) is 41.5 Å². The molecule has 2 aromatic heterocycles. The van der Waals surface area contributed by atoms with Crippen molar-refractivity contribution >= 4 is 16.7 Å². The Hall–Kier alpha value is -3.06. The van der Waals surface area contributed by atoms with Crippen molar-refractivity contribution < 1.29 is 0 Å². The minimum Gasteiger partial charge on any atom is -0.382 e. The van der Waals surface area contributed by atoms with Gasteiger partial charge in [0.15, 0.2) is 0 Å². The van der Waals surface area contributed by atoms with Gasteiger partial charge in [0.25, 0.3) is 5.56 Å². The van der Waals surface area contributed by atoms with Crippen LogP contribution in [0.1, 0.15) is 87.9 Å². The number of nitrogen functional groups attached to an aromatic ring is 1. The molecule has 0 aliphatic carbocycles. The van der Waals surface area contributed by atoms with Crippen molar-refractivity contribution in [1.29, 1.82) is 5.41 Å². The third-order valence-electron chi connectivity index (χ3n) is 7.14. The van der Waals surface area contributed by atoms with Gasteiger partial charge in [0.05, 0.1) is 11.9 Å². The number of unbranched alkanes of at least 4 members (excludes halogenated alkanes) is 1. The van der Waals surface area contributed by atoms with E-state index in [1.807, 2.05) is 12.1 Å². The van der Waals surface area contributed by atoms with Crippen molar-refractivity contribution in [1.82, 2.24) is 19.9 Å². The molecule has 7 nitrogen and oxygen atoms in total. The van der Waals surface area contributed by atoms with Crippen LogP contribution in [-0.2, 0) is 6.42 Å². The molecule has 0 amide bonds. The van der Waals surface area contributed by atoms with Gasteiger partial charge in [0, 0.05) is 47.2 Å². The van der Waals surface area contributed by atoms with E-state index in [4.69, 9.17) is 11.1 Å². The Morgan fingerprint density at radius 2 is 2.03 bits per heavy atom. The van der Waals surface area contributed by atoms with Gasteiger partial charge < -0.3 is 10.7 Å². The normalized spacial score (nSPS) is 19.9. The van der Waals surface area contributed by atoms with E-state index in [0.717, 1.165) is 23.7 Å². The number of aromatic nitrogens is 3. The van der Waals surface area contributed by atoms with Gasteiger partial charge in [0.2, 0.25) is 0 Å². The molecule has 1 aliphatic rings. The maximum atomic E-state index is 12.9. The molecule has 0 bridgehead atoms. The average Bonchev–Trinajstić information content (AvgIpc) is 2.81. The van der Waals surface area contributed by atoms with Crippen molar-refractivity contribution in [3.05, 3.63) is 69.5 Å². The molecule has 3 aromatic rings. The summed E-state index contributed by atoms with van der Waals surface area (Å²) in [5, 5.41) is 8.72. The lowest BCUT2D eigenvalue weighted by Crippen LogP contribution is -2.46. The molecule has 0 saturated carbocycles. The highest BCUT2D eigenvalue weighted by molar-refractivity contribution is 5.92. The SMILES string of the molecule is CCCCC(c1cccc2[nH]c(=O)c(Cc3cncc(C(=N)N)n3)cc12)N1C(C)CCCC1C. The molecule has 0 spiro atoms. The molecule has 34 heavy (non-hydrogen) atoms. The second-order valence-electron chi connectivity index (χ2n) is 9.65. The lowest BCUT2D eigenvalue weighted by Gasteiger charge is -2.45. The number of amidine groups is 1. The molecule has 3 unspecified atom stereocenters. The maximum absolute atomic E-state index is 12.9. The quantitative estimate of drug-likeness (QED) is 0.334. The molecule has 1 aromatic carbocycles. The van der Waals surface area contributed by atoms with E-state index in [1.165, 1.54) is 37.4 Å². The van der Waals surface area contributed by atoms with Crippen LogP contribution in [0.3, 0.4) is 0 Å². The number of nitrogens with one attached hydrogen (secondary N) is 2. The molecule has 1 fully saturated rings. The second-order valence-corrected chi connectivity index (χ2v) is 9.65. The molecule has 4 N–H and O–H groups in total. The Balaban J connectivity index is 1.78. The first kappa shape index (κ1) is 24.1. The van der Waals surface area contributed by atoms with Gasteiger partial charge in [-0.25, -0.2) is 4.98 Å². The number of fused-ring (bicyclic) bond motifs is 1. The number of nitrogens with zero attached hydrogens (tertiary/aromatic N) is 3. The van der Waals surface area contributed by atoms with Gasteiger partial charge in [-0.3, -0.25) is 20.1 Å². The van der Waals surface area contributed by atoms with Crippen LogP contribution in [0.2, 0.25) is 0 Å². The number of aromatic amines is 1. The van der Waals surface area contributed by atoms with Crippen LogP contribution in [0.15, 0.2) is 41.5 Å². The highest BCUT2D eigenvalue weighted by Gasteiger charge is 2.32. The van der Waals surface area contributed by atoms with Crippen molar-refractivity contribution in [3.8, 4) is 0 Å². The molecule has 180 valence electrons. The molecular weight excluding hydrogens is 424 g/mol. The summed E-state index contributed by atoms with van der Waals surface area (Å²) in [5.74, 6) is -0.132. The van der Waals surface area contributed by atoms with Crippen LogP contribution < -0.4 is 11.3 Å². The Bertz CT molecular complexity index is 1210. The molecule has 0 radical (unpaired) electrons. The Morgan fingerprint density at radius 3 is 2.74 bits per heavy atom. The van der Waals surface area contributed by atoms with Gasteiger partial charge in [-0.2, -0.15) is 0 Å². The van der Waals surface area contributed by atoms with Crippen LogP contribution >= 0.6 is 0 Å². The Kier molecular flexibility index (Phi) is 7.41. The van der Waals surface area contributed by atoms with Gasteiger partial charge in [-0.15, -0.1) is 0 Å². The summed E-state index contributed by atoms with van der Waals surface area (Å²) < 4.78 is 0. The monoisotopic (exact) mass is 460 g/mol. The summed E-state index contributed by atoms with van der Waals surface area (Å²) in [7, 11) is 0. The zero-order valence-corrected chi connectivity index (χ0v) is 20.5. The van der Waals surface area contributed by atoms with Crippen molar-refractivity contribution in [2.24, 2.45) is 5.73 Å². The zero-order chi connectivity index (χ0) is 24.2. The van der Waals surface area contributed by atoms with E-state index >= 15 is 0 Å². The highest BCUT2D eigenvalue weighted by atomic mass is 16.1. The number of piperidine rings is 1. The molecule has 7 heteroatoms. The van der Waals surface area contributed by atoms with Gasteiger partial charge in [-0.05, 0) is 50.8 Å². The first-order valence-corrected chi connectivity index (χ1v) is 12.5. The number of rotatable bonds is 8.